The topological polar surface area (TPSA) is 105 Å². The molecule has 0 saturated carbocycles. The van der Waals surface area contributed by atoms with E-state index in [0.717, 1.165) is 41.2 Å². The number of rotatable bonds is 12. The number of anilines is 2. The van der Waals surface area contributed by atoms with Gasteiger partial charge >= 0.3 is 6.18 Å². The van der Waals surface area contributed by atoms with Crippen molar-refractivity contribution < 1.29 is 23.1 Å². The molecule has 0 radical (unpaired) electrons. The molecular formula is C30H33F3N6O2. The van der Waals surface area contributed by atoms with Crippen LogP contribution in [0.1, 0.15) is 50.9 Å². The van der Waals surface area contributed by atoms with Gasteiger partial charge in [0.1, 0.15) is 12.1 Å². The first-order valence-electron chi connectivity index (χ1n) is 13.4. The number of carbonyl (C=O) groups excluding carboxylic acids is 1. The number of ketones is 1. The van der Waals surface area contributed by atoms with Crippen molar-refractivity contribution >= 4 is 17.3 Å². The van der Waals surface area contributed by atoms with Crippen LogP contribution < -0.4 is 10.6 Å². The average molecular weight is 567 g/mol. The minimum absolute atomic E-state index is 0.0104. The number of hydrogen-bond donors (Lipinski definition) is 3. The van der Waals surface area contributed by atoms with Crippen molar-refractivity contribution in [3.05, 3.63) is 94.1 Å². The van der Waals surface area contributed by atoms with Gasteiger partial charge < -0.3 is 15.7 Å². The highest BCUT2D eigenvalue weighted by Gasteiger charge is 2.31. The van der Waals surface area contributed by atoms with Crippen LogP contribution in [0.3, 0.4) is 0 Å². The Morgan fingerprint density at radius 2 is 1.80 bits per heavy atom. The van der Waals surface area contributed by atoms with Gasteiger partial charge in [-0.2, -0.15) is 23.0 Å². The number of aliphatic hydroxyl groups is 1. The number of Topliss-reactive ketones (excluding diaryl/α,β-unsaturated/α-hetero) is 1. The van der Waals surface area contributed by atoms with Gasteiger partial charge in [0.05, 0.1) is 17.9 Å². The third-order valence-electron chi connectivity index (χ3n) is 6.57. The molecule has 0 aliphatic carbocycles. The molecule has 0 unspecified atom stereocenters. The van der Waals surface area contributed by atoms with Gasteiger partial charge in [0.25, 0.3) is 0 Å². The number of carbonyl (C=O) groups is 1. The second kappa shape index (κ2) is 13.0. The quantitative estimate of drug-likeness (QED) is 0.161. The van der Waals surface area contributed by atoms with E-state index in [9.17, 15) is 18.0 Å². The standard InChI is InChI=1S/C30H33F3N6O2/c1-4-25-17-28(36-18-35-25)39-29(11-20(3)38-39)37-26-14-21(6-5-19(26)2)15-27(41)23-12-22(7-8-34-9-10-40)13-24(16-23)30(31,32)33/h5-6,11-14,16-18,34,37,40H,4,7-10,15H2,1-3H3. The zero-order valence-corrected chi connectivity index (χ0v) is 23.2. The smallest absolute Gasteiger partial charge is 0.395 e. The van der Waals surface area contributed by atoms with E-state index in [1.54, 1.807) is 10.7 Å². The number of nitrogens with zero attached hydrogens (tertiary/aromatic N) is 4. The molecule has 0 atom stereocenters. The minimum atomic E-state index is -4.58. The third kappa shape index (κ3) is 7.77. The van der Waals surface area contributed by atoms with Crippen LogP contribution in [0.25, 0.3) is 5.82 Å². The molecule has 2 aromatic carbocycles. The molecule has 41 heavy (non-hydrogen) atoms. The number of halogens is 3. The summed E-state index contributed by atoms with van der Waals surface area (Å²) < 4.78 is 42.5. The average Bonchev–Trinajstić information content (AvgIpc) is 3.32. The summed E-state index contributed by atoms with van der Waals surface area (Å²) in [6.45, 7) is 6.46. The van der Waals surface area contributed by atoms with Gasteiger partial charge in [-0.3, -0.25) is 4.79 Å². The van der Waals surface area contributed by atoms with Gasteiger partial charge in [0, 0.05) is 42.0 Å². The highest BCUT2D eigenvalue weighted by atomic mass is 19.4. The van der Waals surface area contributed by atoms with Gasteiger partial charge in [0.2, 0.25) is 0 Å². The Kier molecular flexibility index (Phi) is 9.51. The van der Waals surface area contributed by atoms with Crippen molar-refractivity contribution in [2.24, 2.45) is 0 Å². The van der Waals surface area contributed by atoms with Gasteiger partial charge in [0.15, 0.2) is 11.6 Å². The summed E-state index contributed by atoms with van der Waals surface area (Å²) in [6.07, 6.45) is -2.10. The summed E-state index contributed by atoms with van der Waals surface area (Å²) in [5.74, 6) is 0.875. The fourth-order valence-corrected chi connectivity index (χ4v) is 4.40. The first-order chi connectivity index (χ1) is 19.6. The lowest BCUT2D eigenvalue weighted by Gasteiger charge is -2.14. The maximum Gasteiger partial charge on any atom is 0.416 e. The molecule has 8 nitrogen and oxygen atoms in total. The summed E-state index contributed by atoms with van der Waals surface area (Å²) in [4.78, 5) is 21.8. The molecule has 4 aromatic rings. The Balaban J connectivity index is 1.57. The fraction of sp³-hybridized carbons (Fsp3) is 0.333. The lowest BCUT2D eigenvalue weighted by molar-refractivity contribution is -0.137. The molecule has 4 rings (SSSR count). The molecule has 2 aromatic heterocycles. The number of aromatic nitrogens is 4. The van der Waals surface area contributed by atoms with Crippen molar-refractivity contribution in [2.45, 2.75) is 46.2 Å². The van der Waals surface area contributed by atoms with E-state index in [1.165, 1.54) is 12.4 Å². The van der Waals surface area contributed by atoms with E-state index >= 15 is 0 Å². The van der Waals surface area contributed by atoms with E-state index in [4.69, 9.17) is 5.11 Å². The number of benzene rings is 2. The second-order valence-corrected chi connectivity index (χ2v) is 9.82. The summed E-state index contributed by atoms with van der Waals surface area (Å²) in [5, 5.41) is 19.8. The molecule has 2 heterocycles. The highest BCUT2D eigenvalue weighted by molar-refractivity contribution is 5.98. The van der Waals surface area contributed by atoms with E-state index in [2.05, 4.69) is 25.7 Å². The molecule has 0 aliphatic rings. The zero-order valence-electron chi connectivity index (χ0n) is 23.2. The molecule has 0 bridgehead atoms. The molecule has 216 valence electrons. The Morgan fingerprint density at radius 3 is 2.54 bits per heavy atom. The zero-order chi connectivity index (χ0) is 29.6. The van der Waals surface area contributed by atoms with E-state index in [1.807, 2.05) is 45.0 Å². The third-order valence-corrected chi connectivity index (χ3v) is 6.57. The first-order valence-corrected chi connectivity index (χ1v) is 13.4. The molecule has 0 fully saturated rings. The van der Waals surface area contributed by atoms with Crippen LogP contribution in [-0.2, 0) is 25.4 Å². The molecule has 3 N–H and O–H groups in total. The molecule has 0 spiro atoms. The summed E-state index contributed by atoms with van der Waals surface area (Å²) in [7, 11) is 0. The van der Waals surface area contributed by atoms with Crippen molar-refractivity contribution in [3.63, 3.8) is 0 Å². The van der Waals surface area contributed by atoms with Gasteiger partial charge in [-0.05, 0) is 74.2 Å². The lowest BCUT2D eigenvalue weighted by Crippen LogP contribution is -2.21. The number of hydrogen-bond acceptors (Lipinski definition) is 7. The van der Waals surface area contributed by atoms with E-state index in [-0.39, 0.29) is 18.6 Å². The predicted octanol–water partition coefficient (Wildman–Crippen LogP) is 5.15. The summed E-state index contributed by atoms with van der Waals surface area (Å²) in [5.41, 5.74) is 3.53. The predicted molar refractivity (Wildman–Crippen MR) is 151 cm³/mol. The SMILES string of the molecule is CCc1cc(-n2nc(C)cc2Nc2cc(CC(=O)c3cc(CCNCCO)cc(C(F)(F)F)c3)ccc2C)ncn1. The fourth-order valence-electron chi connectivity index (χ4n) is 4.40. The largest absolute Gasteiger partial charge is 0.416 e. The van der Waals surface area contributed by atoms with Crippen molar-refractivity contribution in [1.29, 1.82) is 0 Å². The van der Waals surface area contributed by atoms with Gasteiger partial charge in [-0.1, -0.05) is 19.1 Å². The monoisotopic (exact) mass is 566 g/mol. The van der Waals surface area contributed by atoms with Crippen molar-refractivity contribution in [2.75, 3.05) is 25.0 Å². The molecular weight excluding hydrogens is 533 g/mol. The normalized spacial score (nSPS) is 11.6. The van der Waals surface area contributed by atoms with Crippen LogP contribution in [0.2, 0.25) is 0 Å². The minimum Gasteiger partial charge on any atom is -0.395 e. The molecule has 11 heteroatoms. The van der Waals surface area contributed by atoms with Crippen LogP contribution in [-0.4, -0.2) is 50.3 Å². The number of alkyl halides is 3. The van der Waals surface area contributed by atoms with Crippen LogP contribution in [0.15, 0.2) is 54.9 Å². The van der Waals surface area contributed by atoms with E-state index in [0.29, 0.717) is 42.3 Å². The maximum absolute atomic E-state index is 13.6. The number of aliphatic hydroxyl groups excluding tert-OH is 1. The van der Waals surface area contributed by atoms with Gasteiger partial charge in [-0.25, -0.2) is 9.97 Å². The highest BCUT2D eigenvalue weighted by Crippen LogP contribution is 2.31. The summed E-state index contributed by atoms with van der Waals surface area (Å²) >= 11 is 0. The van der Waals surface area contributed by atoms with Crippen LogP contribution >= 0.6 is 0 Å². The molecule has 0 aliphatic heterocycles. The Morgan fingerprint density at radius 1 is 1.00 bits per heavy atom. The number of nitrogens with one attached hydrogen (secondary N) is 2. The first kappa shape index (κ1) is 29.9. The van der Waals surface area contributed by atoms with Crippen LogP contribution in [0, 0.1) is 13.8 Å². The van der Waals surface area contributed by atoms with Crippen molar-refractivity contribution in [1.82, 2.24) is 25.1 Å². The second-order valence-electron chi connectivity index (χ2n) is 9.82. The Labute approximate surface area is 236 Å². The molecule has 0 saturated heterocycles. The maximum atomic E-state index is 13.6. The van der Waals surface area contributed by atoms with Gasteiger partial charge in [-0.15, -0.1) is 0 Å². The van der Waals surface area contributed by atoms with Crippen LogP contribution in [0.5, 0.6) is 0 Å². The molecule has 0 amide bonds. The number of aryl methyl sites for hydroxylation is 3. The summed E-state index contributed by atoms with van der Waals surface area (Å²) in [6, 6.07) is 12.7. The Hall–Kier alpha value is -4.09. The van der Waals surface area contributed by atoms with Crippen molar-refractivity contribution in [3.8, 4) is 5.82 Å². The van der Waals surface area contributed by atoms with Crippen LogP contribution in [0.4, 0.5) is 24.7 Å². The lowest BCUT2D eigenvalue weighted by atomic mass is 9.96. The Bertz CT molecular complexity index is 1520. The van der Waals surface area contributed by atoms with E-state index < -0.39 is 17.5 Å².